The van der Waals surface area contributed by atoms with Gasteiger partial charge >= 0.3 is 0 Å². The first-order chi connectivity index (χ1) is 13.1. The Bertz CT molecular complexity index is 819. The van der Waals surface area contributed by atoms with Gasteiger partial charge in [-0.05, 0) is 34.9 Å². The molecule has 0 atom stereocenters. The highest BCUT2D eigenvalue weighted by molar-refractivity contribution is 5.91. The lowest BCUT2D eigenvalue weighted by molar-refractivity contribution is -0.118. The Balaban J connectivity index is 1.60. The maximum absolute atomic E-state index is 12.3. The normalized spacial score (nSPS) is 14.8. The van der Waals surface area contributed by atoms with Crippen LogP contribution in [0.1, 0.15) is 16.7 Å². The van der Waals surface area contributed by atoms with E-state index in [0.717, 1.165) is 18.4 Å². The lowest BCUT2D eigenvalue weighted by Crippen LogP contribution is -2.44. The monoisotopic (exact) mass is 367 g/mol. The van der Waals surface area contributed by atoms with Crippen LogP contribution in [-0.4, -0.2) is 39.4 Å². The summed E-state index contributed by atoms with van der Waals surface area (Å²) in [7, 11) is 4.88. The van der Waals surface area contributed by atoms with Gasteiger partial charge in [-0.3, -0.25) is 4.79 Å². The zero-order valence-electron chi connectivity index (χ0n) is 16.0. The largest absolute Gasteiger partial charge is 0.493 e. The molecule has 0 aliphatic heterocycles. The molecule has 2 aromatic rings. The molecule has 142 valence electrons. The van der Waals surface area contributed by atoms with E-state index in [1.54, 1.807) is 27.4 Å². The van der Waals surface area contributed by atoms with E-state index in [1.807, 2.05) is 30.3 Å². The predicted octanol–water partition coefficient (Wildman–Crippen LogP) is 3.02. The molecule has 5 heteroatoms. The van der Waals surface area contributed by atoms with Gasteiger partial charge in [-0.15, -0.1) is 0 Å². The minimum absolute atomic E-state index is 0.155. The topological polar surface area (TPSA) is 56.8 Å². The molecule has 1 N–H and O–H groups in total. The Labute approximate surface area is 159 Å². The molecule has 0 spiro atoms. The SMILES string of the molecule is COc1ccc(/C=C/C(=O)NCC2(OC)Cc3ccccc3C2)cc1OC. The smallest absolute Gasteiger partial charge is 0.244 e. The van der Waals surface area contributed by atoms with Crippen LogP contribution >= 0.6 is 0 Å². The van der Waals surface area contributed by atoms with Crippen LogP contribution in [0.2, 0.25) is 0 Å². The number of methoxy groups -OCH3 is 3. The van der Waals surface area contributed by atoms with E-state index in [1.165, 1.54) is 17.2 Å². The van der Waals surface area contributed by atoms with E-state index < -0.39 is 0 Å². The molecule has 1 aliphatic rings. The van der Waals surface area contributed by atoms with Gasteiger partial charge in [0.1, 0.15) is 0 Å². The Kier molecular flexibility index (Phi) is 5.81. The van der Waals surface area contributed by atoms with Crippen molar-refractivity contribution in [3.8, 4) is 11.5 Å². The van der Waals surface area contributed by atoms with E-state index in [4.69, 9.17) is 14.2 Å². The Morgan fingerprint density at radius 3 is 2.30 bits per heavy atom. The molecule has 0 saturated heterocycles. The molecule has 0 radical (unpaired) electrons. The van der Waals surface area contributed by atoms with Crippen molar-refractivity contribution in [2.24, 2.45) is 0 Å². The Hall–Kier alpha value is -2.79. The number of hydrogen-bond donors (Lipinski definition) is 1. The lowest BCUT2D eigenvalue weighted by atomic mass is 10.00. The van der Waals surface area contributed by atoms with Crippen LogP contribution in [0.3, 0.4) is 0 Å². The molecule has 0 heterocycles. The van der Waals surface area contributed by atoms with Crippen LogP contribution in [0.25, 0.3) is 6.08 Å². The molecule has 0 fully saturated rings. The molecule has 0 unspecified atom stereocenters. The summed E-state index contributed by atoms with van der Waals surface area (Å²) in [5.74, 6) is 1.13. The fourth-order valence-electron chi connectivity index (χ4n) is 3.44. The molecule has 2 aromatic carbocycles. The van der Waals surface area contributed by atoms with Crippen LogP contribution in [-0.2, 0) is 22.4 Å². The third-order valence-electron chi connectivity index (χ3n) is 5.00. The van der Waals surface area contributed by atoms with E-state index >= 15 is 0 Å². The predicted molar refractivity (Wildman–Crippen MR) is 105 cm³/mol. The zero-order valence-corrected chi connectivity index (χ0v) is 16.0. The first-order valence-electron chi connectivity index (χ1n) is 8.89. The van der Waals surface area contributed by atoms with Gasteiger partial charge < -0.3 is 19.5 Å². The van der Waals surface area contributed by atoms with Gasteiger partial charge in [0, 0.05) is 32.6 Å². The van der Waals surface area contributed by atoms with Gasteiger partial charge in [-0.2, -0.15) is 0 Å². The quantitative estimate of drug-likeness (QED) is 0.765. The summed E-state index contributed by atoms with van der Waals surface area (Å²) in [6.45, 7) is 0.466. The summed E-state index contributed by atoms with van der Waals surface area (Å²) >= 11 is 0. The lowest BCUT2D eigenvalue weighted by Gasteiger charge is -2.27. The second-order valence-electron chi connectivity index (χ2n) is 6.67. The molecule has 1 amide bonds. The van der Waals surface area contributed by atoms with E-state index in [9.17, 15) is 4.79 Å². The number of fused-ring (bicyclic) bond motifs is 1. The average molecular weight is 367 g/mol. The van der Waals surface area contributed by atoms with Crippen molar-refractivity contribution < 1.29 is 19.0 Å². The average Bonchev–Trinajstić information content (AvgIpc) is 3.09. The fraction of sp³-hybridized carbons (Fsp3) is 0.318. The summed E-state index contributed by atoms with van der Waals surface area (Å²) in [6, 6.07) is 13.8. The molecule has 5 nitrogen and oxygen atoms in total. The molecule has 1 aliphatic carbocycles. The number of carbonyl (C=O) groups excluding carboxylic acids is 1. The summed E-state index contributed by atoms with van der Waals surface area (Å²) in [5.41, 5.74) is 3.05. The molecule has 3 rings (SSSR count). The fourth-order valence-corrected chi connectivity index (χ4v) is 3.44. The highest BCUT2D eigenvalue weighted by atomic mass is 16.5. The van der Waals surface area contributed by atoms with Gasteiger partial charge in [0.05, 0.1) is 19.8 Å². The zero-order chi connectivity index (χ0) is 19.3. The Morgan fingerprint density at radius 1 is 1.04 bits per heavy atom. The number of hydrogen-bond acceptors (Lipinski definition) is 4. The summed E-state index contributed by atoms with van der Waals surface area (Å²) in [5, 5.41) is 2.97. The minimum atomic E-state index is -0.378. The molecular weight excluding hydrogens is 342 g/mol. The van der Waals surface area contributed by atoms with E-state index in [0.29, 0.717) is 18.0 Å². The number of carbonyl (C=O) groups is 1. The van der Waals surface area contributed by atoms with Crippen LogP contribution in [0.15, 0.2) is 48.5 Å². The van der Waals surface area contributed by atoms with E-state index in [2.05, 4.69) is 17.4 Å². The highest BCUT2D eigenvalue weighted by Crippen LogP contribution is 2.32. The van der Waals surface area contributed by atoms with Crippen molar-refractivity contribution in [3.63, 3.8) is 0 Å². The number of nitrogens with one attached hydrogen (secondary N) is 1. The summed E-state index contributed by atoms with van der Waals surface area (Å²) in [6.07, 6.45) is 4.88. The second kappa shape index (κ2) is 8.27. The summed E-state index contributed by atoms with van der Waals surface area (Å²) < 4.78 is 16.3. The maximum Gasteiger partial charge on any atom is 0.244 e. The van der Waals surface area contributed by atoms with Crippen LogP contribution in [0.4, 0.5) is 0 Å². The van der Waals surface area contributed by atoms with E-state index in [-0.39, 0.29) is 11.5 Å². The van der Waals surface area contributed by atoms with Crippen molar-refractivity contribution in [2.45, 2.75) is 18.4 Å². The van der Waals surface area contributed by atoms with Crippen LogP contribution in [0, 0.1) is 0 Å². The minimum Gasteiger partial charge on any atom is -0.493 e. The molecular formula is C22H25NO4. The van der Waals surface area contributed by atoms with Gasteiger partial charge in [0.25, 0.3) is 0 Å². The third kappa shape index (κ3) is 4.31. The van der Waals surface area contributed by atoms with Crippen molar-refractivity contribution in [2.75, 3.05) is 27.9 Å². The first kappa shape index (κ1) is 19.0. The van der Waals surface area contributed by atoms with Crippen molar-refractivity contribution in [1.82, 2.24) is 5.32 Å². The standard InChI is InChI=1S/C22H25NO4/c1-25-19-10-8-16(12-20(19)26-2)9-11-21(24)23-15-22(27-3)13-17-6-4-5-7-18(17)14-22/h4-12H,13-15H2,1-3H3,(H,23,24)/b11-9+. The highest BCUT2D eigenvalue weighted by Gasteiger charge is 2.37. The number of benzene rings is 2. The molecule has 0 bridgehead atoms. The van der Waals surface area contributed by atoms with Gasteiger partial charge in [0.15, 0.2) is 11.5 Å². The second-order valence-corrected chi connectivity index (χ2v) is 6.67. The number of rotatable bonds is 7. The van der Waals surface area contributed by atoms with Gasteiger partial charge in [-0.25, -0.2) is 0 Å². The molecule has 0 aromatic heterocycles. The third-order valence-corrected chi connectivity index (χ3v) is 5.00. The van der Waals surface area contributed by atoms with Crippen molar-refractivity contribution in [1.29, 1.82) is 0 Å². The van der Waals surface area contributed by atoms with Crippen LogP contribution in [0.5, 0.6) is 11.5 Å². The van der Waals surface area contributed by atoms with Gasteiger partial charge in [0.2, 0.25) is 5.91 Å². The van der Waals surface area contributed by atoms with Crippen LogP contribution < -0.4 is 14.8 Å². The number of ether oxygens (including phenoxy) is 3. The summed E-state index contributed by atoms with van der Waals surface area (Å²) in [4.78, 5) is 12.3. The van der Waals surface area contributed by atoms with Crippen molar-refractivity contribution >= 4 is 12.0 Å². The Morgan fingerprint density at radius 2 is 1.70 bits per heavy atom. The maximum atomic E-state index is 12.3. The number of amides is 1. The van der Waals surface area contributed by atoms with Crippen molar-refractivity contribution in [3.05, 3.63) is 65.2 Å². The molecule has 0 saturated carbocycles. The first-order valence-corrected chi connectivity index (χ1v) is 8.89. The van der Waals surface area contributed by atoms with Gasteiger partial charge in [-0.1, -0.05) is 30.3 Å². The molecule has 27 heavy (non-hydrogen) atoms.